The Hall–Kier alpha value is -1.46. The van der Waals surface area contributed by atoms with E-state index in [1.165, 1.54) is 12.0 Å². The summed E-state index contributed by atoms with van der Waals surface area (Å²) in [7, 11) is 1.18. The van der Waals surface area contributed by atoms with E-state index in [2.05, 4.69) is 4.74 Å². The van der Waals surface area contributed by atoms with Crippen LogP contribution in [-0.4, -0.2) is 42.3 Å². The van der Waals surface area contributed by atoms with Gasteiger partial charge in [0, 0.05) is 18.7 Å². The van der Waals surface area contributed by atoms with Gasteiger partial charge in [0.25, 0.3) is 5.79 Å². The number of halogens is 1. The molecule has 5 heteroatoms. The largest absolute Gasteiger partial charge is 0.465 e. The number of benzene rings is 1. The molecule has 0 bridgehead atoms. The number of ether oxygens (including phenoxy) is 1. The van der Waals surface area contributed by atoms with Crippen molar-refractivity contribution in [2.75, 3.05) is 20.2 Å². The Morgan fingerprint density at radius 1 is 1.37 bits per heavy atom. The lowest BCUT2D eigenvalue weighted by Crippen LogP contribution is -2.53. The number of nitrogens with zero attached hydrogens (tertiary/aromatic N) is 1. The number of alkyl halides is 1. The van der Waals surface area contributed by atoms with E-state index in [4.69, 9.17) is 0 Å². The summed E-state index contributed by atoms with van der Waals surface area (Å²) in [6, 6.07) is 8.28. The predicted molar refractivity (Wildman–Crippen MR) is 68.1 cm³/mol. The maximum Gasteiger partial charge on any atom is 0.364 e. The van der Waals surface area contributed by atoms with Crippen LogP contribution in [0.3, 0.4) is 0 Å². The lowest BCUT2D eigenvalue weighted by Gasteiger charge is -2.39. The topological polar surface area (TPSA) is 49.8 Å². The van der Waals surface area contributed by atoms with Gasteiger partial charge in [0.15, 0.2) is 0 Å². The van der Waals surface area contributed by atoms with Crippen LogP contribution in [0.1, 0.15) is 18.4 Å². The molecule has 1 aliphatic rings. The molecule has 1 heterocycles. The van der Waals surface area contributed by atoms with Crippen molar-refractivity contribution in [1.29, 1.82) is 0 Å². The van der Waals surface area contributed by atoms with Gasteiger partial charge in [-0.2, -0.15) is 0 Å². The average molecular weight is 267 g/mol. The first kappa shape index (κ1) is 14.0. The van der Waals surface area contributed by atoms with E-state index in [0.717, 1.165) is 0 Å². The molecule has 0 spiro atoms. The van der Waals surface area contributed by atoms with Crippen molar-refractivity contribution in [2.24, 2.45) is 0 Å². The first-order valence-corrected chi connectivity index (χ1v) is 6.35. The second-order valence-electron chi connectivity index (χ2n) is 4.70. The van der Waals surface area contributed by atoms with Crippen LogP contribution in [-0.2, 0) is 15.3 Å². The number of carbonyl (C=O) groups excluding carboxylic acids is 1. The van der Waals surface area contributed by atoms with Gasteiger partial charge in [-0.1, -0.05) is 30.3 Å². The number of rotatable bonds is 3. The van der Waals surface area contributed by atoms with Crippen molar-refractivity contribution in [3.63, 3.8) is 0 Å². The maximum atomic E-state index is 15.3. The molecule has 1 aromatic rings. The smallest absolute Gasteiger partial charge is 0.364 e. The number of hydrogen-bond acceptors (Lipinski definition) is 4. The fraction of sp³-hybridized carbons (Fsp3) is 0.500. The van der Waals surface area contributed by atoms with Crippen molar-refractivity contribution in [1.82, 2.24) is 4.90 Å². The maximum absolute atomic E-state index is 15.3. The molecule has 104 valence electrons. The molecule has 1 aromatic carbocycles. The lowest BCUT2D eigenvalue weighted by molar-refractivity contribution is -0.175. The molecule has 1 N–H and O–H groups in total. The van der Waals surface area contributed by atoms with E-state index in [-0.39, 0.29) is 5.56 Å². The van der Waals surface area contributed by atoms with Crippen LogP contribution in [0.25, 0.3) is 0 Å². The zero-order valence-electron chi connectivity index (χ0n) is 10.9. The molecule has 1 saturated heterocycles. The van der Waals surface area contributed by atoms with Crippen LogP contribution >= 0.6 is 0 Å². The zero-order valence-corrected chi connectivity index (χ0v) is 10.9. The zero-order chi connectivity index (χ0) is 13.9. The molecule has 0 aromatic heterocycles. The number of hydrogen-bond donors (Lipinski definition) is 1. The quantitative estimate of drug-likeness (QED) is 0.665. The fourth-order valence-electron chi connectivity index (χ4n) is 2.40. The summed E-state index contributed by atoms with van der Waals surface area (Å²) >= 11 is 0. The van der Waals surface area contributed by atoms with Crippen LogP contribution in [0, 0.1) is 0 Å². The number of aliphatic hydroxyl groups is 1. The van der Waals surface area contributed by atoms with Gasteiger partial charge in [-0.25, -0.2) is 9.18 Å². The second-order valence-corrected chi connectivity index (χ2v) is 4.70. The van der Waals surface area contributed by atoms with E-state index < -0.39 is 17.9 Å². The highest BCUT2D eigenvalue weighted by Gasteiger charge is 2.48. The number of likely N-dealkylation sites (tertiary alicyclic amines) is 1. The number of methoxy groups -OCH3 is 1. The summed E-state index contributed by atoms with van der Waals surface area (Å²) in [5.41, 5.74) is 0.262. The lowest BCUT2D eigenvalue weighted by atomic mass is 9.98. The van der Waals surface area contributed by atoms with Gasteiger partial charge >= 0.3 is 5.97 Å². The Kier molecular flexibility index (Phi) is 4.17. The van der Waals surface area contributed by atoms with Crippen LogP contribution in [0.15, 0.2) is 30.3 Å². The van der Waals surface area contributed by atoms with Crippen LogP contribution in [0.5, 0.6) is 0 Å². The van der Waals surface area contributed by atoms with Gasteiger partial charge < -0.3 is 9.84 Å². The molecule has 4 nitrogen and oxygen atoms in total. The molecule has 1 aliphatic heterocycles. The predicted octanol–water partition coefficient (Wildman–Crippen LogP) is 1.44. The molecule has 0 amide bonds. The Labute approximate surface area is 111 Å². The average Bonchev–Trinajstić information content (AvgIpc) is 2.47. The van der Waals surface area contributed by atoms with Crippen LogP contribution in [0.4, 0.5) is 4.39 Å². The van der Waals surface area contributed by atoms with E-state index in [0.29, 0.717) is 25.9 Å². The fourth-order valence-corrected chi connectivity index (χ4v) is 2.40. The van der Waals surface area contributed by atoms with E-state index in [1.807, 2.05) is 0 Å². The number of carbonyl (C=O) groups is 1. The van der Waals surface area contributed by atoms with Crippen molar-refractivity contribution in [3.8, 4) is 0 Å². The second kappa shape index (κ2) is 5.67. The number of aliphatic hydroxyl groups excluding tert-OH is 1. The Morgan fingerprint density at radius 2 is 1.95 bits per heavy atom. The molecule has 19 heavy (non-hydrogen) atoms. The SMILES string of the molecule is COC(=O)C(F)(c1ccccc1)N1CCC(O)CC1. The highest BCUT2D eigenvalue weighted by Crippen LogP contribution is 2.34. The molecule has 1 fully saturated rings. The van der Waals surface area contributed by atoms with Gasteiger partial charge in [0.05, 0.1) is 13.2 Å². The van der Waals surface area contributed by atoms with E-state index >= 15 is 4.39 Å². The molecular formula is C14H18FNO3. The Morgan fingerprint density at radius 3 is 2.47 bits per heavy atom. The molecule has 0 aliphatic carbocycles. The van der Waals surface area contributed by atoms with Crippen molar-refractivity contribution >= 4 is 5.97 Å². The van der Waals surface area contributed by atoms with Gasteiger partial charge in [0.1, 0.15) is 0 Å². The third-order valence-corrected chi connectivity index (χ3v) is 3.51. The Balaban J connectivity index is 2.33. The molecule has 0 radical (unpaired) electrons. The van der Waals surface area contributed by atoms with Gasteiger partial charge in [0.2, 0.25) is 0 Å². The number of esters is 1. The summed E-state index contributed by atoms with van der Waals surface area (Å²) in [6.07, 6.45) is 0.485. The summed E-state index contributed by atoms with van der Waals surface area (Å²) in [4.78, 5) is 13.3. The summed E-state index contributed by atoms with van der Waals surface area (Å²) in [6.45, 7) is 0.642. The van der Waals surface area contributed by atoms with E-state index in [1.54, 1.807) is 30.3 Å². The van der Waals surface area contributed by atoms with Gasteiger partial charge in [-0.15, -0.1) is 0 Å². The minimum Gasteiger partial charge on any atom is -0.465 e. The minimum absolute atomic E-state index is 0.262. The third kappa shape index (κ3) is 2.62. The van der Waals surface area contributed by atoms with Gasteiger partial charge in [-0.3, -0.25) is 4.90 Å². The first-order chi connectivity index (χ1) is 9.09. The van der Waals surface area contributed by atoms with E-state index in [9.17, 15) is 9.90 Å². The standard InChI is InChI=1S/C14H18FNO3/c1-19-13(18)14(15,11-5-3-2-4-6-11)16-9-7-12(17)8-10-16/h2-6,12,17H,7-10H2,1H3. The molecule has 1 unspecified atom stereocenters. The molecule has 1 atom stereocenters. The monoisotopic (exact) mass is 267 g/mol. The van der Waals surface area contributed by atoms with Crippen LogP contribution in [0.2, 0.25) is 0 Å². The van der Waals surface area contributed by atoms with Crippen molar-refractivity contribution < 1.29 is 19.0 Å². The summed E-state index contributed by atoms with van der Waals surface area (Å²) in [5.74, 6) is -3.20. The molecular weight excluding hydrogens is 249 g/mol. The van der Waals surface area contributed by atoms with Crippen LogP contribution < -0.4 is 0 Å². The summed E-state index contributed by atoms with van der Waals surface area (Å²) < 4.78 is 19.9. The summed E-state index contributed by atoms with van der Waals surface area (Å²) in [5, 5.41) is 9.49. The molecule has 0 saturated carbocycles. The molecule has 2 rings (SSSR count). The highest BCUT2D eigenvalue weighted by molar-refractivity contribution is 5.80. The highest BCUT2D eigenvalue weighted by atomic mass is 19.1. The number of piperidine rings is 1. The normalized spacial score (nSPS) is 20.8. The third-order valence-electron chi connectivity index (χ3n) is 3.51. The first-order valence-electron chi connectivity index (χ1n) is 6.35. The van der Waals surface area contributed by atoms with Gasteiger partial charge in [-0.05, 0) is 12.8 Å². The minimum atomic E-state index is -2.28. The van der Waals surface area contributed by atoms with Crippen molar-refractivity contribution in [3.05, 3.63) is 35.9 Å². The van der Waals surface area contributed by atoms with Crippen molar-refractivity contribution in [2.45, 2.75) is 24.7 Å². The Bertz CT molecular complexity index is 432.